The van der Waals surface area contributed by atoms with E-state index in [0.717, 1.165) is 5.69 Å². The number of rotatable bonds is 3. The molecule has 0 spiro atoms. The van der Waals surface area contributed by atoms with Crippen molar-refractivity contribution in [3.63, 3.8) is 0 Å². The topological polar surface area (TPSA) is 61.0 Å². The highest BCUT2D eigenvalue weighted by molar-refractivity contribution is 9.10. The number of nitrogens with zero attached hydrogens (tertiary/aromatic N) is 3. The Labute approximate surface area is 113 Å². The summed E-state index contributed by atoms with van der Waals surface area (Å²) >= 11 is 3.23. The van der Waals surface area contributed by atoms with Gasteiger partial charge in [-0.3, -0.25) is 10.1 Å². The van der Waals surface area contributed by atoms with Crippen LogP contribution in [0.2, 0.25) is 0 Å². The summed E-state index contributed by atoms with van der Waals surface area (Å²) in [4.78, 5) is 10.6. The largest absolute Gasteiger partial charge is 0.295 e. The fourth-order valence-electron chi connectivity index (χ4n) is 1.62. The van der Waals surface area contributed by atoms with Crippen molar-refractivity contribution in [1.29, 1.82) is 0 Å². The van der Waals surface area contributed by atoms with Gasteiger partial charge >= 0.3 is 0 Å². The predicted octanol–water partition coefficient (Wildman–Crippen LogP) is 3.67. The van der Waals surface area contributed by atoms with Crippen LogP contribution < -0.4 is 0 Å². The van der Waals surface area contributed by atoms with Gasteiger partial charge in [-0.15, -0.1) is 0 Å². The summed E-state index contributed by atoms with van der Waals surface area (Å²) in [6.07, 6.45) is 1.74. The standard InChI is InChI=1S/C12H12BrN3O2/c1-8(2)10-5-6-15(14-10)11-4-3-9(13)7-12(11)16(17)18/h3-8H,1-2H3. The molecule has 0 fully saturated rings. The number of benzene rings is 1. The van der Waals surface area contributed by atoms with Gasteiger partial charge in [0.2, 0.25) is 0 Å². The third-order valence-corrected chi connectivity index (χ3v) is 3.08. The zero-order valence-corrected chi connectivity index (χ0v) is 11.6. The zero-order chi connectivity index (χ0) is 13.3. The molecule has 0 aliphatic rings. The quantitative estimate of drug-likeness (QED) is 0.642. The van der Waals surface area contributed by atoms with Crippen LogP contribution >= 0.6 is 15.9 Å². The maximum atomic E-state index is 11.0. The minimum absolute atomic E-state index is 0.0304. The molecule has 0 amide bonds. The Hall–Kier alpha value is -1.69. The third kappa shape index (κ3) is 2.43. The first-order chi connectivity index (χ1) is 8.49. The molecular formula is C12H12BrN3O2. The van der Waals surface area contributed by atoms with Gasteiger partial charge in [-0.25, -0.2) is 4.68 Å². The van der Waals surface area contributed by atoms with Gasteiger partial charge in [0.15, 0.2) is 0 Å². The van der Waals surface area contributed by atoms with Crippen LogP contribution in [0.3, 0.4) is 0 Å². The van der Waals surface area contributed by atoms with E-state index in [1.165, 1.54) is 6.07 Å². The smallest absolute Gasteiger partial charge is 0.258 e. The Kier molecular flexibility index (Phi) is 3.47. The Morgan fingerprint density at radius 2 is 2.11 bits per heavy atom. The van der Waals surface area contributed by atoms with Crippen molar-refractivity contribution in [3.8, 4) is 5.69 Å². The molecule has 0 radical (unpaired) electrons. The normalized spacial score (nSPS) is 10.9. The lowest BCUT2D eigenvalue weighted by Gasteiger charge is -2.04. The van der Waals surface area contributed by atoms with Crippen LogP contribution in [0.4, 0.5) is 5.69 Å². The summed E-state index contributed by atoms with van der Waals surface area (Å²) in [5.74, 6) is 0.292. The van der Waals surface area contributed by atoms with Gasteiger partial charge in [-0.05, 0) is 24.1 Å². The number of nitro groups is 1. The first kappa shape index (κ1) is 12.8. The molecule has 0 aliphatic heterocycles. The number of hydrogen-bond donors (Lipinski definition) is 0. The lowest BCUT2D eigenvalue weighted by molar-refractivity contribution is -0.384. The second-order valence-corrected chi connectivity index (χ2v) is 5.15. The van der Waals surface area contributed by atoms with Crippen LogP contribution in [0.1, 0.15) is 25.5 Å². The molecule has 2 aromatic rings. The van der Waals surface area contributed by atoms with E-state index in [-0.39, 0.29) is 5.69 Å². The molecular weight excluding hydrogens is 298 g/mol. The molecule has 1 aromatic heterocycles. The van der Waals surface area contributed by atoms with E-state index < -0.39 is 4.92 Å². The first-order valence-electron chi connectivity index (χ1n) is 5.49. The Morgan fingerprint density at radius 3 is 2.67 bits per heavy atom. The minimum atomic E-state index is -0.406. The summed E-state index contributed by atoms with van der Waals surface area (Å²) in [5.41, 5.74) is 1.41. The molecule has 6 heteroatoms. The molecule has 0 aliphatic carbocycles. The number of hydrogen-bond acceptors (Lipinski definition) is 3. The van der Waals surface area contributed by atoms with Crippen LogP contribution in [0, 0.1) is 10.1 Å². The van der Waals surface area contributed by atoms with Crippen molar-refractivity contribution in [2.45, 2.75) is 19.8 Å². The number of halogens is 1. The predicted molar refractivity (Wildman–Crippen MR) is 72.0 cm³/mol. The molecule has 2 rings (SSSR count). The average molecular weight is 310 g/mol. The Balaban J connectivity index is 2.52. The van der Waals surface area contributed by atoms with Gasteiger partial charge in [0.1, 0.15) is 5.69 Å². The van der Waals surface area contributed by atoms with E-state index in [1.54, 1.807) is 23.0 Å². The van der Waals surface area contributed by atoms with Crippen LogP contribution in [-0.4, -0.2) is 14.7 Å². The van der Waals surface area contributed by atoms with Gasteiger partial charge in [0.25, 0.3) is 5.69 Å². The van der Waals surface area contributed by atoms with Gasteiger partial charge in [-0.2, -0.15) is 5.10 Å². The fourth-order valence-corrected chi connectivity index (χ4v) is 1.97. The summed E-state index contributed by atoms with van der Waals surface area (Å²) in [6.45, 7) is 4.06. The molecule has 94 valence electrons. The van der Waals surface area contributed by atoms with Crippen molar-refractivity contribution in [2.24, 2.45) is 0 Å². The second-order valence-electron chi connectivity index (χ2n) is 4.23. The maximum absolute atomic E-state index is 11.0. The van der Waals surface area contributed by atoms with E-state index in [1.807, 2.05) is 19.9 Å². The first-order valence-corrected chi connectivity index (χ1v) is 6.28. The van der Waals surface area contributed by atoms with Crippen molar-refractivity contribution < 1.29 is 4.92 Å². The lowest BCUT2D eigenvalue weighted by atomic mass is 10.1. The molecule has 1 aromatic carbocycles. The maximum Gasteiger partial charge on any atom is 0.295 e. The SMILES string of the molecule is CC(C)c1ccn(-c2ccc(Br)cc2[N+](=O)[O-])n1. The second kappa shape index (κ2) is 4.89. The number of aromatic nitrogens is 2. The highest BCUT2D eigenvalue weighted by Crippen LogP contribution is 2.27. The molecule has 0 saturated carbocycles. The van der Waals surface area contributed by atoms with Gasteiger partial charge in [0.05, 0.1) is 10.6 Å². The fraction of sp³-hybridized carbons (Fsp3) is 0.250. The van der Waals surface area contributed by atoms with E-state index in [4.69, 9.17) is 0 Å². The Morgan fingerprint density at radius 1 is 1.39 bits per heavy atom. The molecule has 5 nitrogen and oxygen atoms in total. The molecule has 0 saturated heterocycles. The van der Waals surface area contributed by atoms with Crippen molar-refractivity contribution in [1.82, 2.24) is 9.78 Å². The molecule has 1 heterocycles. The van der Waals surface area contributed by atoms with Crippen molar-refractivity contribution in [3.05, 3.63) is 50.7 Å². The Bertz CT molecular complexity index is 593. The van der Waals surface area contributed by atoms with Crippen molar-refractivity contribution >= 4 is 21.6 Å². The molecule has 18 heavy (non-hydrogen) atoms. The van der Waals surface area contributed by atoms with E-state index in [9.17, 15) is 10.1 Å². The van der Waals surface area contributed by atoms with Crippen LogP contribution in [0.5, 0.6) is 0 Å². The molecule has 0 atom stereocenters. The van der Waals surface area contributed by atoms with E-state index in [2.05, 4.69) is 21.0 Å². The van der Waals surface area contributed by atoms with Gasteiger partial charge in [-0.1, -0.05) is 29.8 Å². The van der Waals surface area contributed by atoms with E-state index >= 15 is 0 Å². The molecule has 0 N–H and O–H groups in total. The minimum Gasteiger partial charge on any atom is -0.258 e. The van der Waals surface area contributed by atoms with Crippen LogP contribution in [0.25, 0.3) is 5.69 Å². The van der Waals surface area contributed by atoms with Crippen LogP contribution in [-0.2, 0) is 0 Å². The third-order valence-electron chi connectivity index (χ3n) is 2.58. The average Bonchev–Trinajstić information content (AvgIpc) is 2.78. The zero-order valence-electron chi connectivity index (χ0n) is 10.0. The summed E-state index contributed by atoms with van der Waals surface area (Å²) < 4.78 is 2.22. The summed E-state index contributed by atoms with van der Waals surface area (Å²) in [7, 11) is 0. The summed E-state index contributed by atoms with van der Waals surface area (Å²) in [5, 5.41) is 15.4. The monoisotopic (exact) mass is 309 g/mol. The highest BCUT2D eigenvalue weighted by Gasteiger charge is 2.17. The number of nitro benzene ring substituents is 1. The molecule has 0 unspecified atom stereocenters. The lowest BCUT2D eigenvalue weighted by Crippen LogP contribution is -2.01. The molecule has 0 bridgehead atoms. The van der Waals surface area contributed by atoms with Gasteiger partial charge in [0, 0.05) is 16.7 Å². The van der Waals surface area contributed by atoms with Gasteiger partial charge < -0.3 is 0 Å². The van der Waals surface area contributed by atoms with E-state index in [0.29, 0.717) is 16.1 Å². The van der Waals surface area contributed by atoms with Crippen LogP contribution in [0.15, 0.2) is 34.9 Å². The summed E-state index contributed by atoms with van der Waals surface area (Å²) in [6, 6.07) is 6.79. The van der Waals surface area contributed by atoms with Crippen molar-refractivity contribution in [2.75, 3.05) is 0 Å². The highest BCUT2D eigenvalue weighted by atomic mass is 79.9.